The first-order valence-electron chi connectivity index (χ1n) is 8.88. The van der Waals surface area contributed by atoms with Crippen molar-refractivity contribution in [1.29, 1.82) is 0 Å². The number of H-pyrrole nitrogens is 1. The molecule has 0 saturated heterocycles. The fourth-order valence-electron chi connectivity index (χ4n) is 3.22. The summed E-state index contributed by atoms with van der Waals surface area (Å²) in [7, 11) is 1.40. The lowest BCUT2D eigenvalue weighted by molar-refractivity contribution is 0.0537. The van der Waals surface area contributed by atoms with E-state index in [2.05, 4.69) is 26.7 Å². The number of hydroxylamine groups is 1. The maximum atomic E-state index is 12.5. The van der Waals surface area contributed by atoms with Gasteiger partial charge in [-0.05, 0) is 49.5 Å². The third kappa shape index (κ3) is 4.41. The molecular weight excluding hydrogens is 401 g/mol. The fourth-order valence-corrected chi connectivity index (χ4v) is 3.64. The van der Waals surface area contributed by atoms with Gasteiger partial charge in [0.15, 0.2) is 0 Å². The molecule has 1 aromatic carbocycles. The summed E-state index contributed by atoms with van der Waals surface area (Å²) in [5, 5.41) is 3.61. The van der Waals surface area contributed by atoms with Crippen molar-refractivity contribution in [3.63, 3.8) is 0 Å². The van der Waals surface area contributed by atoms with Crippen molar-refractivity contribution in [3.05, 3.63) is 62.9 Å². The van der Waals surface area contributed by atoms with E-state index in [9.17, 15) is 9.59 Å². The van der Waals surface area contributed by atoms with E-state index < -0.39 is 0 Å². The van der Waals surface area contributed by atoms with E-state index in [1.807, 2.05) is 18.2 Å². The van der Waals surface area contributed by atoms with Crippen LogP contribution in [0.25, 0.3) is 5.57 Å². The first kappa shape index (κ1) is 20.5. The standard InChI is InChI=1S/C20H21Cl2N3O3/c1-11-16(21)17(22)18(23-11)20(27)24-15-8-6-12(7-9-15)13-4-3-5-14(10-13)19(26)25-28-2/h3-6,10,15,23H,7-9H2,1-2H3,(H,24,27)(H,25,26). The number of nitrogens with one attached hydrogen (secondary N) is 3. The number of hydrogen-bond donors (Lipinski definition) is 3. The maximum absolute atomic E-state index is 12.5. The largest absolute Gasteiger partial charge is 0.352 e. The Balaban J connectivity index is 1.66. The van der Waals surface area contributed by atoms with Gasteiger partial charge in [-0.25, -0.2) is 5.48 Å². The van der Waals surface area contributed by atoms with Gasteiger partial charge < -0.3 is 10.3 Å². The van der Waals surface area contributed by atoms with Crippen molar-refractivity contribution < 1.29 is 14.4 Å². The van der Waals surface area contributed by atoms with E-state index in [0.29, 0.717) is 22.7 Å². The highest BCUT2D eigenvalue weighted by molar-refractivity contribution is 6.44. The molecule has 0 spiro atoms. The summed E-state index contributed by atoms with van der Waals surface area (Å²) in [5.41, 5.74) is 5.94. The van der Waals surface area contributed by atoms with E-state index >= 15 is 0 Å². The van der Waals surface area contributed by atoms with Crippen molar-refractivity contribution in [1.82, 2.24) is 15.8 Å². The number of allylic oxidation sites excluding steroid dienone is 1. The summed E-state index contributed by atoms with van der Waals surface area (Å²) >= 11 is 12.2. The van der Waals surface area contributed by atoms with Crippen LogP contribution >= 0.6 is 23.2 Å². The average molecular weight is 422 g/mol. The Bertz CT molecular complexity index is 937. The minimum atomic E-state index is -0.289. The van der Waals surface area contributed by atoms with Gasteiger partial charge in [-0.3, -0.25) is 14.4 Å². The summed E-state index contributed by atoms with van der Waals surface area (Å²) in [4.78, 5) is 32.0. The number of halogens is 2. The minimum Gasteiger partial charge on any atom is -0.352 e. The van der Waals surface area contributed by atoms with Crippen LogP contribution in [0.4, 0.5) is 0 Å². The van der Waals surface area contributed by atoms with Crippen LogP contribution in [0, 0.1) is 6.92 Å². The zero-order valence-electron chi connectivity index (χ0n) is 15.6. The first-order chi connectivity index (χ1) is 13.4. The summed E-state index contributed by atoms with van der Waals surface area (Å²) < 4.78 is 0. The van der Waals surface area contributed by atoms with Crippen LogP contribution in [0.3, 0.4) is 0 Å². The monoisotopic (exact) mass is 421 g/mol. The van der Waals surface area contributed by atoms with Gasteiger partial charge in [-0.15, -0.1) is 0 Å². The molecule has 1 aliphatic carbocycles. The van der Waals surface area contributed by atoms with Crippen molar-refractivity contribution in [3.8, 4) is 0 Å². The van der Waals surface area contributed by atoms with Gasteiger partial charge in [0.05, 0.1) is 17.2 Å². The number of benzene rings is 1. The Kier molecular flexibility index (Phi) is 6.44. The lowest BCUT2D eigenvalue weighted by Crippen LogP contribution is -2.36. The Morgan fingerprint density at radius 2 is 2.00 bits per heavy atom. The molecule has 1 unspecified atom stereocenters. The molecule has 1 aliphatic rings. The van der Waals surface area contributed by atoms with Gasteiger partial charge in [-0.1, -0.05) is 41.4 Å². The van der Waals surface area contributed by atoms with Crippen LogP contribution in [0.2, 0.25) is 10.0 Å². The van der Waals surface area contributed by atoms with Crippen molar-refractivity contribution in [2.24, 2.45) is 0 Å². The number of rotatable bonds is 5. The van der Waals surface area contributed by atoms with Crippen molar-refractivity contribution >= 4 is 40.6 Å². The molecule has 0 aliphatic heterocycles. The summed E-state index contributed by atoms with van der Waals surface area (Å²) in [5.74, 6) is -0.553. The Labute approximate surface area is 173 Å². The van der Waals surface area contributed by atoms with Crippen LogP contribution in [0.1, 0.15) is 51.4 Å². The highest BCUT2D eigenvalue weighted by Crippen LogP contribution is 2.30. The third-order valence-corrected chi connectivity index (χ3v) is 5.66. The predicted molar refractivity (Wildman–Crippen MR) is 110 cm³/mol. The second-order valence-corrected chi connectivity index (χ2v) is 7.40. The van der Waals surface area contributed by atoms with E-state index in [1.54, 1.807) is 13.0 Å². The van der Waals surface area contributed by atoms with Crippen LogP contribution in [0.5, 0.6) is 0 Å². The van der Waals surface area contributed by atoms with E-state index in [1.165, 1.54) is 7.11 Å². The topological polar surface area (TPSA) is 83.2 Å². The van der Waals surface area contributed by atoms with E-state index in [-0.39, 0.29) is 28.6 Å². The van der Waals surface area contributed by atoms with Gasteiger partial charge in [0.25, 0.3) is 11.8 Å². The molecule has 0 bridgehead atoms. The molecule has 3 rings (SSSR count). The number of amides is 2. The van der Waals surface area contributed by atoms with Gasteiger partial charge in [-0.2, -0.15) is 0 Å². The zero-order chi connectivity index (χ0) is 20.3. The lowest BCUT2D eigenvalue weighted by atomic mass is 9.90. The van der Waals surface area contributed by atoms with Crippen molar-refractivity contribution in [2.45, 2.75) is 32.2 Å². The summed E-state index contributed by atoms with van der Waals surface area (Å²) in [6.07, 6.45) is 4.37. The molecule has 1 aromatic heterocycles. The van der Waals surface area contributed by atoms with Gasteiger partial charge >= 0.3 is 0 Å². The highest BCUT2D eigenvalue weighted by atomic mass is 35.5. The quantitative estimate of drug-likeness (QED) is 0.629. The lowest BCUT2D eigenvalue weighted by Gasteiger charge is -2.23. The number of aromatic amines is 1. The molecule has 148 valence electrons. The van der Waals surface area contributed by atoms with Crippen molar-refractivity contribution in [2.75, 3.05) is 7.11 Å². The smallest absolute Gasteiger partial charge is 0.274 e. The SMILES string of the molecule is CONC(=O)c1cccc(C2=CCC(NC(=O)c3[nH]c(C)c(Cl)c3Cl)CC2)c1. The van der Waals surface area contributed by atoms with Gasteiger partial charge in [0, 0.05) is 17.3 Å². The van der Waals surface area contributed by atoms with E-state index in [0.717, 1.165) is 24.0 Å². The number of hydrogen-bond acceptors (Lipinski definition) is 3. The van der Waals surface area contributed by atoms with Gasteiger partial charge in [0.2, 0.25) is 0 Å². The normalized spacial score (nSPS) is 16.4. The number of carbonyl (C=O) groups is 2. The molecule has 0 saturated carbocycles. The Morgan fingerprint density at radius 1 is 1.21 bits per heavy atom. The summed E-state index contributed by atoms with van der Waals surface area (Å²) in [6.45, 7) is 1.77. The molecular formula is C20H21Cl2N3O3. The van der Waals surface area contributed by atoms with Crippen LogP contribution in [-0.2, 0) is 4.84 Å². The zero-order valence-corrected chi connectivity index (χ0v) is 17.1. The summed E-state index contributed by atoms with van der Waals surface area (Å²) in [6, 6.07) is 7.39. The van der Waals surface area contributed by atoms with E-state index in [4.69, 9.17) is 23.2 Å². The molecule has 3 N–H and O–H groups in total. The van der Waals surface area contributed by atoms with Crippen LogP contribution in [0.15, 0.2) is 30.3 Å². The molecule has 28 heavy (non-hydrogen) atoms. The number of aromatic nitrogens is 1. The molecule has 8 heteroatoms. The molecule has 6 nitrogen and oxygen atoms in total. The highest BCUT2D eigenvalue weighted by Gasteiger charge is 2.22. The van der Waals surface area contributed by atoms with Gasteiger partial charge in [0.1, 0.15) is 5.69 Å². The molecule has 0 radical (unpaired) electrons. The second kappa shape index (κ2) is 8.82. The average Bonchev–Trinajstić information content (AvgIpc) is 2.96. The van der Waals surface area contributed by atoms with Crippen LogP contribution in [-0.4, -0.2) is 29.9 Å². The molecule has 2 amide bonds. The molecule has 0 fully saturated rings. The number of aryl methyl sites for hydroxylation is 1. The molecule has 2 aromatic rings. The molecule has 1 heterocycles. The Hall–Kier alpha value is -2.28. The fraction of sp³-hybridized carbons (Fsp3) is 0.300. The first-order valence-corrected chi connectivity index (χ1v) is 9.63. The second-order valence-electron chi connectivity index (χ2n) is 6.64. The van der Waals surface area contributed by atoms with Crippen LogP contribution < -0.4 is 10.8 Å². The maximum Gasteiger partial charge on any atom is 0.274 e. The minimum absolute atomic E-state index is 0.00895. The number of carbonyl (C=O) groups excluding carboxylic acids is 2. The third-order valence-electron chi connectivity index (χ3n) is 4.72. The molecule has 1 atom stereocenters. The predicted octanol–water partition coefficient (Wildman–Crippen LogP) is 4.29. The Morgan fingerprint density at radius 3 is 2.61 bits per heavy atom.